The summed E-state index contributed by atoms with van der Waals surface area (Å²) >= 11 is 0. The maximum absolute atomic E-state index is 3.65. The Morgan fingerprint density at radius 1 is 1.36 bits per heavy atom. The molecule has 0 saturated carbocycles. The summed E-state index contributed by atoms with van der Waals surface area (Å²) in [5.41, 5.74) is 0. The van der Waals surface area contributed by atoms with Crippen molar-refractivity contribution in [3.8, 4) is 0 Å². The molecule has 0 spiro atoms. The molecule has 0 aromatic heterocycles. The van der Waals surface area contributed by atoms with Gasteiger partial charge in [0.05, 0.1) is 0 Å². The number of hydrogen-bond donors (Lipinski definition) is 1. The van der Waals surface area contributed by atoms with E-state index in [1.807, 2.05) is 0 Å². The average Bonchev–Trinajstić information content (AvgIpc) is 2.46. The zero-order valence-electron chi connectivity index (χ0n) is 10.2. The number of nitrogens with one attached hydrogen (secondary N) is 1. The number of nitrogens with zero attached hydrogens (tertiary/aromatic N) is 2. The third-order valence-corrected chi connectivity index (χ3v) is 3.02. The summed E-state index contributed by atoms with van der Waals surface area (Å²) in [6, 6.07) is 1.88. The van der Waals surface area contributed by atoms with E-state index in [0.29, 0.717) is 18.1 Å². The average molecular weight is 199 g/mol. The molecule has 2 atom stereocenters. The lowest BCUT2D eigenvalue weighted by atomic mass is 10.1. The third-order valence-electron chi connectivity index (χ3n) is 3.02. The number of likely N-dealkylation sites (tertiary alicyclic amines) is 1. The van der Waals surface area contributed by atoms with Crippen LogP contribution in [0.15, 0.2) is 0 Å². The molecule has 0 aromatic rings. The molecule has 3 nitrogen and oxygen atoms in total. The van der Waals surface area contributed by atoms with Gasteiger partial charge < -0.3 is 15.1 Å². The van der Waals surface area contributed by atoms with E-state index in [2.05, 4.69) is 50.0 Å². The lowest BCUT2D eigenvalue weighted by Crippen LogP contribution is -2.48. The molecule has 1 heterocycles. The minimum absolute atomic E-state index is 0.583. The van der Waals surface area contributed by atoms with Crippen molar-refractivity contribution in [2.75, 3.05) is 33.7 Å². The van der Waals surface area contributed by atoms with E-state index in [1.165, 1.54) is 19.6 Å². The van der Waals surface area contributed by atoms with E-state index in [9.17, 15) is 0 Å². The molecule has 0 aliphatic carbocycles. The van der Waals surface area contributed by atoms with Crippen molar-refractivity contribution in [3.05, 3.63) is 0 Å². The molecule has 3 heteroatoms. The van der Waals surface area contributed by atoms with Gasteiger partial charge in [0.15, 0.2) is 0 Å². The second-order valence-electron chi connectivity index (χ2n) is 4.81. The molecule has 1 saturated heterocycles. The fourth-order valence-corrected chi connectivity index (χ4v) is 2.24. The lowest BCUT2D eigenvalue weighted by molar-refractivity contribution is 0.252. The van der Waals surface area contributed by atoms with Gasteiger partial charge in [0.2, 0.25) is 0 Å². The van der Waals surface area contributed by atoms with Crippen LogP contribution in [0, 0.1) is 0 Å². The van der Waals surface area contributed by atoms with E-state index in [1.54, 1.807) is 0 Å². The highest BCUT2D eigenvalue weighted by Crippen LogP contribution is 2.14. The zero-order valence-corrected chi connectivity index (χ0v) is 10.2. The maximum Gasteiger partial charge on any atom is 0.0383 e. The fourth-order valence-electron chi connectivity index (χ4n) is 2.24. The molecule has 1 aliphatic heterocycles. The Labute approximate surface area is 88.5 Å². The highest BCUT2D eigenvalue weighted by molar-refractivity contribution is 4.94. The van der Waals surface area contributed by atoms with Gasteiger partial charge >= 0.3 is 0 Å². The van der Waals surface area contributed by atoms with Gasteiger partial charge in [0.1, 0.15) is 0 Å². The molecule has 1 rings (SSSR count). The van der Waals surface area contributed by atoms with Crippen LogP contribution in [0.1, 0.15) is 20.8 Å². The van der Waals surface area contributed by atoms with Crippen molar-refractivity contribution in [3.63, 3.8) is 0 Å². The van der Waals surface area contributed by atoms with Gasteiger partial charge in [-0.15, -0.1) is 0 Å². The van der Waals surface area contributed by atoms with Crippen LogP contribution in [0.2, 0.25) is 0 Å². The van der Waals surface area contributed by atoms with Crippen LogP contribution in [0.5, 0.6) is 0 Å². The largest absolute Gasteiger partial charge is 0.309 e. The smallest absolute Gasteiger partial charge is 0.0383 e. The molecule has 0 radical (unpaired) electrons. The van der Waals surface area contributed by atoms with Crippen molar-refractivity contribution in [2.45, 2.75) is 38.9 Å². The Bertz CT molecular complexity index is 168. The SMILES string of the molecule is CCN1C[C@@H](N(C)C)[C@H](NC(C)C)C1. The van der Waals surface area contributed by atoms with Crippen molar-refractivity contribution >= 4 is 0 Å². The van der Waals surface area contributed by atoms with Gasteiger partial charge in [0.25, 0.3) is 0 Å². The van der Waals surface area contributed by atoms with Gasteiger partial charge in [-0.2, -0.15) is 0 Å². The third kappa shape index (κ3) is 2.94. The van der Waals surface area contributed by atoms with Gasteiger partial charge in [0, 0.05) is 31.2 Å². The molecule has 0 unspecified atom stereocenters. The van der Waals surface area contributed by atoms with E-state index >= 15 is 0 Å². The second kappa shape index (κ2) is 5.10. The Morgan fingerprint density at radius 3 is 2.43 bits per heavy atom. The quantitative estimate of drug-likeness (QED) is 0.716. The number of likely N-dealkylation sites (N-methyl/N-ethyl adjacent to an activating group) is 2. The van der Waals surface area contributed by atoms with E-state index in [0.717, 1.165) is 0 Å². The van der Waals surface area contributed by atoms with Crippen molar-refractivity contribution in [1.29, 1.82) is 0 Å². The summed E-state index contributed by atoms with van der Waals surface area (Å²) in [6.07, 6.45) is 0. The van der Waals surface area contributed by atoms with Crippen LogP contribution in [0.4, 0.5) is 0 Å². The Balaban J connectivity index is 2.53. The highest BCUT2D eigenvalue weighted by atomic mass is 15.3. The van der Waals surface area contributed by atoms with Crippen LogP contribution >= 0.6 is 0 Å². The van der Waals surface area contributed by atoms with Gasteiger partial charge in [-0.25, -0.2) is 0 Å². The Hall–Kier alpha value is -0.120. The summed E-state index contributed by atoms with van der Waals surface area (Å²) in [6.45, 7) is 10.2. The van der Waals surface area contributed by atoms with Gasteiger partial charge in [-0.1, -0.05) is 20.8 Å². The zero-order chi connectivity index (χ0) is 10.7. The predicted octanol–water partition coefficient (Wildman–Crippen LogP) is 0.619. The molecule has 1 N–H and O–H groups in total. The van der Waals surface area contributed by atoms with Crippen molar-refractivity contribution in [2.24, 2.45) is 0 Å². The van der Waals surface area contributed by atoms with Crippen LogP contribution in [0.25, 0.3) is 0 Å². The molecule has 0 bridgehead atoms. The van der Waals surface area contributed by atoms with Crippen LogP contribution in [-0.4, -0.2) is 61.7 Å². The first kappa shape index (κ1) is 12.0. The predicted molar refractivity (Wildman–Crippen MR) is 61.6 cm³/mol. The van der Waals surface area contributed by atoms with Crippen LogP contribution in [-0.2, 0) is 0 Å². The Morgan fingerprint density at radius 2 is 2.00 bits per heavy atom. The fraction of sp³-hybridized carbons (Fsp3) is 1.00. The number of rotatable bonds is 4. The summed E-state index contributed by atoms with van der Waals surface area (Å²) in [5.74, 6) is 0. The van der Waals surface area contributed by atoms with E-state index in [-0.39, 0.29) is 0 Å². The first-order valence-corrected chi connectivity index (χ1v) is 5.69. The molecule has 0 aromatic carbocycles. The highest BCUT2D eigenvalue weighted by Gasteiger charge is 2.33. The minimum Gasteiger partial charge on any atom is -0.309 e. The summed E-state index contributed by atoms with van der Waals surface area (Å²) < 4.78 is 0. The molecular formula is C11H25N3. The summed E-state index contributed by atoms with van der Waals surface area (Å²) in [5, 5.41) is 3.65. The monoisotopic (exact) mass is 199 g/mol. The molecular weight excluding hydrogens is 174 g/mol. The maximum atomic E-state index is 3.65. The number of hydrogen-bond acceptors (Lipinski definition) is 3. The van der Waals surface area contributed by atoms with E-state index in [4.69, 9.17) is 0 Å². The topological polar surface area (TPSA) is 18.5 Å². The minimum atomic E-state index is 0.583. The molecule has 1 aliphatic rings. The molecule has 1 fully saturated rings. The molecule has 0 amide bonds. The van der Waals surface area contributed by atoms with E-state index < -0.39 is 0 Å². The van der Waals surface area contributed by atoms with Crippen LogP contribution in [0.3, 0.4) is 0 Å². The van der Waals surface area contributed by atoms with Gasteiger partial charge in [-0.05, 0) is 20.6 Å². The van der Waals surface area contributed by atoms with Crippen molar-refractivity contribution < 1.29 is 0 Å². The summed E-state index contributed by atoms with van der Waals surface area (Å²) in [4.78, 5) is 4.86. The van der Waals surface area contributed by atoms with Crippen molar-refractivity contribution in [1.82, 2.24) is 15.1 Å². The molecule has 84 valence electrons. The first-order valence-electron chi connectivity index (χ1n) is 5.69. The standard InChI is InChI=1S/C11H25N3/c1-6-14-7-10(12-9(2)3)11(8-14)13(4)5/h9-12H,6-8H2,1-5H3/t10-,11-/m1/s1. The Kier molecular flexibility index (Phi) is 4.35. The van der Waals surface area contributed by atoms with Crippen LogP contribution < -0.4 is 5.32 Å². The molecule has 14 heavy (non-hydrogen) atoms. The summed E-state index contributed by atoms with van der Waals surface area (Å²) in [7, 11) is 4.36. The normalized spacial score (nSPS) is 29.4. The van der Waals surface area contributed by atoms with Gasteiger partial charge in [-0.3, -0.25) is 0 Å². The first-order chi connectivity index (χ1) is 6.54. The lowest BCUT2D eigenvalue weighted by Gasteiger charge is -2.27. The second-order valence-corrected chi connectivity index (χ2v) is 4.81.